The Bertz CT molecular complexity index is 485. The normalized spacial score (nSPS) is 23.0. The molecule has 1 aromatic carbocycles. The van der Waals surface area contributed by atoms with E-state index in [1.807, 2.05) is 6.07 Å². The van der Waals surface area contributed by atoms with Crippen LogP contribution in [0.5, 0.6) is 0 Å². The van der Waals surface area contributed by atoms with Gasteiger partial charge >= 0.3 is 0 Å². The Morgan fingerprint density at radius 1 is 1.09 bits per heavy atom. The van der Waals surface area contributed by atoms with Crippen molar-refractivity contribution in [1.29, 1.82) is 0 Å². The third-order valence-corrected chi connectivity index (χ3v) is 4.79. The van der Waals surface area contributed by atoms with Gasteiger partial charge in [0.05, 0.1) is 19.6 Å². The molecule has 0 bridgehead atoms. The molecule has 1 atom stereocenters. The van der Waals surface area contributed by atoms with Crippen LogP contribution in [0.15, 0.2) is 30.3 Å². The summed E-state index contributed by atoms with van der Waals surface area (Å²) in [6.45, 7) is 2.29. The van der Waals surface area contributed by atoms with Crippen molar-refractivity contribution in [2.24, 2.45) is 0 Å². The molecular weight excluding hydrogens is 290 g/mol. The van der Waals surface area contributed by atoms with E-state index < -0.39 is 0 Å². The average Bonchev–Trinajstić information content (AvgIpc) is 2.62. The Hall–Kier alpha value is -1.39. The van der Waals surface area contributed by atoms with Crippen LogP contribution in [-0.4, -0.2) is 42.9 Å². The van der Waals surface area contributed by atoms with E-state index in [2.05, 4.69) is 29.2 Å². The van der Waals surface area contributed by atoms with Gasteiger partial charge in [-0.1, -0.05) is 30.3 Å². The Morgan fingerprint density at radius 2 is 1.87 bits per heavy atom. The summed E-state index contributed by atoms with van der Waals surface area (Å²) in [5, 5.41) is 0. The van der Waals surface area contributed by atoms with Crippen molar-refractivity contribution in [3.05, 3.63) is 35.9 Å². The number of carbonyl (C=O) groups is 1. The van der Waals surface area contributed by atoms with Crippen molar-refractivity contribution < 1.29 is 14.3 Å². The topological polar surface area (TPSA) is 38.8 Å². The number of likely N-dealkylation sites (tertiary alicyclic amines) is 1. The summed E-state index contributed by atoms with van der Waals surface area (Å²) in [5.74, 6) is 0.190. The third kappa shape index (κ3) is 4.79. The zero-order valence-electron chi connectivity index (χ0n) is 13.8. The van der Waals surface area contributed by atoms with Crippen LogP contribution in [0.4, 0.5) is 0 Å². The summed E-state index contributed by atoms with van der Waals surface area (Å²) >= 11 is 0. The van der Waals surface area contributed by atoms with Gasteiger partial charge in [-0.3, -0.25) is 4.79 Å². The molecule has 0 N–H and O–H groups in total. The molecule has 2 aliphatic rings. The molecule has 2 heterocycles. The second kappa shape index (κ2) is 8.46. The van der Waals surface area contributed by atoms with Gasteiger partial charge in [-0.2, -0.15) is 0 Å². The Balaban J connectivity index is 1.53. The molecule has 23 heavy (non-hydrogen) atoms. The third-order valence-electron chi connectivity index (χ3n) is 4.79. The second-order valence-corrected chi connectivity index (χ2v) is 6.49. The minimum absolute atomic E-state index is 0.190. The fourth-order valence-corrected chi connectivity index (χ4v) is 3.52. The highest BCUT2D eigenvalue weighted by atomic mass is 16.7. The van der Waals surface area contributed by atoms with Crippen LogP contribution in [0, 0.1) is 0 Å². The molecule has 0 aliphatic carbocycles. The fraction of sp³-hybridized carbons (Fsp3) is 0.632. The molecule has 0 aromatic heterocycles. The van der Waals surface area contributed by atoms with E-state index in [0.29, 0.717) is 25.7 Å². The first-order chi connectivity index (χ1) is 11.3. The predicted octanol–water partition coefficient (Wildman–Crippen LogP) is 3.15. The number of hydrogen-bond acceptors (Lipinski definition) is 3. The van der Waals surface area contributed by atoms with Crippen LogP contribution in [0.3, 0.4) is 0 Å². The molecule has 4 nitrogen and oxygen atoms in total. The number of aryl methyl sites for hydroxylation is 1. The zero-order chi connectivity index (χ0) is 15.9. The van der Waals surface area contributed by atoms with Gasteiger partial charge < -0.3 is 14.4 Å². The van der Waals surface area contributed by atoms with Crippen LogP contribution in [0.25, 0.3) is 0 Å². The van der Waals surface area contributed by atoms with Crippen LogP contribution in [0.2, 0.25) is 0 Å². The smallest absolute Gasteiger partial charge is 0.227 e. The highest BCUT2D eigenvalue weighted by Crippen LogP contribution is 2.23. The molecule has 0 unspecified atom stereocenters. The molecule has 4 heteroatoms. The predicted molar refractivity (Wildman–Crippen MR) is 89.0 cm³/mol. The standard InChI is InChI=1S/C19H27NO3/c21-18(15-19-22-13-6-14-23-19)20-12-5-4-9-17(20)11-10-16-7-2-1-3-8-16/h1-3,7-8,17,19H,4-6,9-15H2/t17-/m0/s1. The maximum atomic E-state index is 12.7. The first-order valence-corrected chi connectivity index (χ1v) is 8.89. The van der Waals surface area contributed by atoms with Crippen LogP contribution < -0.4 is 0 Å². The molecule has 0 radical (unpaired) electrons. The number of rotatable bonds is 5. The van der Waals surface area contributed by atoms with E-state index in [-0.39, 0.29) is 12.2 Å². The Labute approximate surface area is 138 Å². The highest BCUT2D eigenvalue weighted by Gasteiger charge is 2.29. The van der Waals surface area contributed by atoms with E-state index in [0.717, 1.165) is 38.6 Å². The van der Waals surface area contributed by atoms with Crippen LogP contribution >= 0.6 is 0 Å². The minimum Gasteiger partial charge on any atom is -0.352 e. The second-order valence-electron chi connectivity index (χ2n) is 6.49. The number of nitrogens with zero attached hydrogens (tertiary/aromatic N) is 1. The van der Waals surface area contributed by atoms with Crippen molar-refractivity contribution in [3.63, 3.8) is 0 Å². The van der Waals surface area contributed by atoms with Gasteiger partial charge in [-0.25, -0.2) is 0 Å². The van der Waals surface area contributed by atoms with Gasteiger partial charge in [0.1, 0.15) is 0 Å². The fourth-order valence-electron chi connectivity index (χ4n) is 3.52. The highest BCUT2D eigenvalue weighted by molar-refractivity contribution is 5.77. The maximum Gasteiger partial charge on any atom is 0.227 e. The molecular formula is C19H27NO3. The summed E-state index contributed by atoms with van der Waals surface area (Å²) < 4.78 is 11.1. The van der Waals surface area contributed by atoms with Crippen LogP contribution in [0.1, 0.15) is 44.1 Å². The molecule has 2 fully saturated rings. The monoisotopic (exact) mass is 317 g/mol. The molecule has 0 saturated carbocycles. The lowest BCUT2D eigenvalue weighted by Crippen LogP contribution is -2.45. The lowest BCUT2D eigenvalue weighted by Gasteiger charge is -2.37. The number of ether oxygens (including phenoxy) is 2. The number of carbonyl (C=O) groups excluding carboxylic acids is 1. The molecule has 2 aliphatic heterocycles. The summed E-state index contributed by atoms with van der Waals surface area (Å²) in [5.41, 5.74) is 1.35. The summed E-state index contributed by atoms with van der Waals surface area (Å²) in [4.78, 5) is 14.7. The molecule has 126 valence electrons. The molecule has 2 saturated heterocycles. The average molecular weight is 317 g/mol. The van der Waals surface area contributed by atoms with Gasteiger partial charge in [0.15, 0.2) is 6.29 Å². The quantitative estimate of drug-likeness (QED) is 0.837. The molecule has 1 aromatic rings. The first-order valence-electron chi connectivity index (χ1n) is 8.89. The van der Waals surface area contributed by atoms with E-state index in [9.17, 15) is 4.79 Å². The van der Waals surface area contributed by atoms with Gasteiger partial charge in [0.25, 0.3) is 0 Å². The molecule has 0 spiro atoms. The number of amides is 1. The van der Waals surface area contributed by atoms with Gasteiger partial charge in [0.2, 0.25) is 5.91 Å². The first kappa shape index (κ1) is 16.5. The van der Waals surface area contributed by atoms with Crippen molar-refractivity contribution in [2.75, 3.05) is 19.8 Å². The van der Waals surface area contributed by atoms with Gasteiger partial charge in [-0.05, 0) is 44.1 Å². The van der Waals surface area contributed by atoms with Gasteiger partial charge in [-0.15, -0.1) is 0 Å². The lowest BCUT2D eigenvalue weighted by molar-refractivity contribution is -0.188. The van der Waals surface area contributed by atoms with E-state index in [1.54, 1.807) is 0 Å². The van der Waals surface area contributed by atoms with E-state index in [1.165, 1.54) is 12.0 Å². The largest absolute Gasteiger partial charge is 0.352 e. The summed E-state index contributed by atoms with van der Waals surface area (Å²) in [6.07, 6.45) is 6.47. The summed E-state index contributed by atoms with van der Waals surface area (Å²) in [6, 6.07) is 10.9. The SMILES string of the molecule is O=C(CC1OCCCO1)N1CCCC[C@H]1CCc1ccccc1. The van der Waals surface area contributed by atoms with Gasteiger partial charge in [0, 0.05) is 12.6 Å². The lowest BCUT2D eigenvalue weighted by atomic mass is 9.95. The van der Waals surface area contributed by atoms with Crippen molar-refractivity contribution in [3.8, 4) is 0 Å². The van der Waals surface area contributed by atoms with Crippen molar-refractivity contribution in [1.82, 2.24) is 4.90 Å². The molecule has 3 rings (SSSR count). The van der Waals surface area contributed by atoms with Crippen molar-refractivity contribution in [2.45, 2.75) is 57.3 Å². The number of hydrogen-bond donors (Lipinski definition) is 0. The number of piperidine rings is 1. The summed E-state index contributed by atoms with van der Waals surface area (Å²) in [7, 11) is 0. The van der Waals surface area contributed by atoms with E-state index in [4.69, 9.17) is 9.47 Å². The minimum atomic E-state index is -0.340. The molecule has 1 amide bonds. The Morgan fingerprint density at radius 3 is 2.65 bits per heavy atom. The van der Waals surface area contributed by atoms with Crippen molar-refractivity contribution >= 4 is 5.91 Å². The number of benzene rings is 1. The Kier molecular flexibility index (Phi) is 6.06. The van der Waals surface area contributed by atoms with Crippen LogP contribution in [-0.2, 0) is 20.7 Å². The van der Waals surface area contributed by atoms with E-state index >= 15 is 0 Å². The zero-order valence-corrected chi connectivity index (χ0v) is 13.8. The maximum absolute atomic E-state index is 12.7.